The van der Waals surface area contributed by atoms with Gasteiger partial charge in [-0.1, -0.05) is 53.5 Å². The highest BCUT2D eigenvalue weighted by atomic mass is 35.5. The number of benzene rings is 3. The van der Waals surface area contributed by atoms with E-state index >= 15 is 0 Å². The van der Waals surface area contributed by atoms with E-state index in [1.165, 1.54) is 4.90 Å². The molecule has 3 nitrogen and oxygen atoms in total. The Labute approximate surface area is 161 Å². The van der Waals surface area contributed by atoms with Crippen molar-refractivity contribution in [3.05, 3.63) is 99.5 Å². The second kappa shape index (κ2) is 7.73. The van der Waals surface area contributed by atoms with Gasteiger partial charge in [-0.3, -0.25) is 9.59 Å². The maximum Gasteiger partial charge on any atom is 0.258 e. The SMILES string of the molecule is CN(C(=O)c1ccc(Cl)cc1)c1ccc(Cl)cc1C(=O)c1ccccc1. The van der Waals surface area contributed by atoms with E-state index in [2.05, 4.69) is 0 Å². The van der Waals surface area contributed by atoms with Crippen molar-refractivity contribution < 1.29 is 9.59 Å². The fraction of sp³-hybridized carbons (Fsp3) is 0.0476. The van der Waals surface area contributed by atoms with Crippen molar-refractivity contribution in [1.82, 2.24) is 0 Å². The van der Waals surface area contributed by atoms with Gasteiger partial charge < -0.3 is 4.90 Å². The molecule has 3 rings (SSSR count). The first-order valence-corrected chi connectivity index (χ1v) is 8.66. The van der Waals surface area contributed by atoms with E-state index in [9.17, 15) is 9.59 Å². The smallest absolute Gasteiger partial charge is 0.258 e. The summed E-state index contributed by atoms with van der Waals surface area (Å²) in [7, 11) is 1.63. The van der Waals surface area contributed by atoms with Gasteiger partial charge in [-0.25, -0.2) is 0 Å². The third-order valence-electron chi connectivity index (χ3n) is 4.00. The summed E-state index contributed by atoms with van der Waals surface area (Å²) in [4.78, 5) is 27.1. The van der Waals surface area contributed by atoms with Crippen LogP contribution in [0.5, 0.6) is 0 Å². The van der Waals surface area contributed by atoms with E-state index in [0.29, 0.717) is 32.4 Å². The van der Waals surface area contributed by atoms with Crippen LogP contribution in [0.15, 0.2) is 72.8 Å². The van der Waals surface area contributed by atoms with Crippen LogP contribution in [0.25, 0.3) is 0 Å². The zero-order valence-electron chi connectivity index (χ0n) is 13.9. The summed E-state index contributed by atoms with van der Waals surface area (Å²) in [5, 5.41) is 0.982. The van der Waals surface area contributed by atoms with Crippen LogP contribution in [-0.4, -0.2) is 18.7 Å². The van der Waals surface area contributed by atoms with Crippen molar-refractivity contribution in [3.63, 3.8) is 0 Å². The van der Waals surface area contributed by atoms with Gasteiger partial charge in [0.1, 0.15) is 0 Å². The molecule has 0 unspecified atom stereocenters. The Kier molecular flexibility index (Phi) is 5.40. The molecule has 0 radical (unpaired) electrons. The number of hydrogen-bond acceptors (Lipinski definition) is 2. The lowest BCUT2D eigenvalue weighted by atomic mass is 10.0. The lowest BCUT2D eigenvalue weighted by Crippen LogP contribution is -2.28. The Balaban J connectivity index is 2.01. The van der Waals surface area contributed by atoms with E-state index in [-0.39, 0.29) is 11.7 Å². The predicted molar refractivity (Wildman–Crippen MR) is 106 cm³/mol. The lowest BCUT2D eigenvalue weighted by Gasteiger charge is -2.21. The highest BCUT2D eigenvalue weighted by molar-refractivity contribution is 6.31. The van der Waals surface area contributed by atoms with E-state index in [0.717, 1.165) is 0 Å². The summed E-state index contributed by atoms with van der Waals surface area (Å²) in [5.41, 5.74) is 1.87. The molecule has 1 amide bonds. The second-order valence-corrected chi connectivity index (χ2v) is 6.60. The maximum absolute atomic E-state index is 12.9. The molecule has 130 valence electrons. The lowest BCUT2D eigenvalue weighted by molar-refractivity contribution is 0.0993. The van der Waals surface area contributed by atoms with Gasteiger partial charge in [0.15, 0.2) is 5.78 Å². The molecule has 0 bridgehead atoms. The predicted octanol–water partition coefficient (Wildman–Crippen LogP) is 5.50. The first-order chi connectivity index (χ1) is 12.5. The number of carbonyl (C=O) groups is 2. The van der Waals surface area contributed by atoms with E-state index in [4.69, 9.17) is 23.2 Å². The topological polar surface area (TPSA) is 37.4 Å². The van der Waals surface area contributed by atoms with Crippen LogP contribution in [0.4, 0.5) is 5.69 Å². The Morgan fingerprint density at radius 2 is 1.38 bits per heavy atom. The van der Waals surface area contributed by atoms with E-state index < -0.39 is 0 Å². The Bertz CT molecular complexity index is 954. The zero-order chi connectivity index (χ0) is 18.7. The fourth-order valence-corrected chi connectivity index (χ4v) is 2.92. The Hall–Kier alpha value is -2.62. The summed E-state index contributed by atoms with van der Waals surface area (Å²) in [6.45, 7) is 0. The minimum Gasteiger partial charge on any atom is -0.311 e. The first kappa shape index (κ1) is 18.2. The Morgan fingerprint density at radius 3 is 2.04 bits per heavy atom. The van der Waals surface area contributed by atoms with E-state index in [1.54, 1.807) is 73.8 Å². The number of rotatable bonds is 4. The molecule has 3 aromatic carbocycles. The summed E-state index contributed by atoms with van der Waals surface area (Å²) >= 11 is 12.0. The van der Waals surface area contributed by atoms with Crippen LogP contribution in [0.1, 0.15) is 26.3 Å². The zero-order valence-corrected chi connectivity index (χ0v) is 15.5. The molecule has 0 aromatic heterocycles. The van der Waals surface area contributed by atoms with Crippen molar-refractivity contribution >= 4 is 40.6 Å². The molecule has 0 N–H and O–H groups in total. The number of nitrogens with zero attached hydrogens (tertiary/aromatic N) is 1. The van der Waals surface area contributed by atoms with Gasteiger partial charge in [0.05, 0.1) is 5.69 Å². The quantitative estimate of drug-likeness (QED) is 0.557. The normalized spacial score (nSPS) is 10.4. The largest absolute Gasteiger partial charge is 0.311 e. The minimum atomic E-state index is -0.244. The standard InChI is InChI=1S/C21H15Cl2NO2/c1-24(21(26)15-7-9-16(22)10-8-15)19-12-11-17(23)13-18(19)20(25)14-5-3-2-4-6-14/h2-13H,1H3. The fourth-order valence-electron chi connectivity index (χ4n) is 2.62. The molecular weight excluding hydrogens is 369 g/mol. The molecule has 0 aliphatic rings. The molecule has 26 heavy (non-hydrogen) atoms. The van der Waals surface area contributed by atoms with Crippen LogP contribution < -0.4 is 4.90 Å². The van der Waals surface area contributed by atoms with Crippen molar-refractivity contribution in [1.29, 1.82) is 0 Å². The van der Waals surface area contributed by atoms with Crippen LogP contribution in [-0.2, 0) is 0 Å². The average molecular weight is 384 g/mol. The first-order valence-electron chi connectivity index (χ1n) is 7.90. The van der Waals surface area contributed by atoms with Gasteiger partial charge in [0.25, 0.3) is 5.91 Å². The molecule has 3 aromatic rings. The number of ketones is 1. The molecule has 5 heteroatoms. The Morgan fingerprint density at radius 1 is 0.769 bits per heavy atom. The molecule has 0 aliphatic heterocycles. The third-order valence-corrected chi connectivity index (χ3v) is 4.48. The molecule has 0 saturated carbocycles. The second-order valence-electron chi connectivity index (χ2n) is 5.73. The van der Waals surface area contributed by atoms with Gasteiger partial charge in [-0.2, -0.15) is 0 Å². The van der Waals surface area contributed by atoms with Gasteiger partial charge in [0, 0.05) is 33.8 Å². The highest BCUT2D eigenvalue weighted by Crippen LogP contribution is 2.27. The van der Waals surface area contributed by atoms with Crippen LogP contribution in [0.2, 0.25) is 10.0 Å². The molecule has 0 aliphatic carbocycles. The summed E-state index contributed by atoms with van der Waals surface area (Å²) < 4.78 is 0. The van der Waals surface area contributed by atoms with Gasteiger partial charge >= 0.3 is 0 Å². The van der Waals surface area contributed by atoms with Gasteiger partial charge in [0.2, 0.25) is 0 Å². The third kappa shape index (κ3) is 3.79. The minimum absolute atomic E-state index is 0.196. The maximum atomic E-state index is 12.9. The molecule has 0 atom stereocenters. The molecule has 0 spiro atoms. The monoisotopic (exact) mass is 383 g/mol. The number of anilines is 1. The van der Waals surface area contributed by atoms with Gasteiger partial charge in [-0.15, -0.1) is 0 Å². The van der Waals surface area contributed by atoms with E-state index in [1.807, 2.05) is 6.07 Å². The van der Waals surface area contributed by atoms with Crippen LogP contribution >= 0.6 is 23.2 Å². The summed E-state index contributed by atoms with van der Waals surface area (Å²) in [5.74, 6) is -0.440. The van der Waals surface area contributed by atoms with Crippen molar-refractivity contribution in [2.45, 2.75) is 0 Å². The average Bonchev–Trinajstić information content (AvgIpc) is 2.67. The molecular formula is C21H15Cl2NO2. The number of hydrogen-bond donors (Lipinski definition) is 0. The highest BCUT2D eigenvalue weighted by Gasteiger charge is 2.21. The van der Waals surface area contributed by atoms with Crippen LogP contribution in [0.3, 0.4) is 0 Å². The van der Waals surface area contributed by atoms with Crippen molar-refractivity contribution in [2.75, 3.05) is 11.9 Å². The van der Waals surface area contributed by atoms with Crippen molar-refractivity contribution in [3.8, 4) is 0 Å². The summed E-state index contributed by atoms with van der Waals surface area (Å²) in [6, 6.07) is 20.4. The van der Waals surface area contributed by atoms with Gasteiger partial charge in [-0.05, 0) is 42.5 Å². The van der Waals surface area contributed by atoms with Crippen LogP contribution in [0, 0.1) is 0 Å². The number of halogens is 2. The molecule has 0 fully saturated rings. The number of amides is 1. The number of carbonyl (C=O) groups excluding carboxylic acids is 2. The van der Waals surface area contributed by atoms with Crippen molar-refractivity contribution in [2.24, 2.45) is 0 Å². The summed E-state index contributed by atoms with van der Waals surface area (Å²) in [6.07, 6.45) is 0. The molecule has 0 saturated heterocycles. The molecule has 0 heterocycles.